The van der Waals surface area contributed by atoms with E-state index in [-0.39, 0.29) is 0 Å². The Morgan fingerprint density at radius 1 is 1.05 bits per heavy atom. The van der Waals surface area contributed by atoms with Crippen LogP contribution in [0.25, 0.3) is 0 Å². The molecule has 19 heavy (non-hydrogen) atoms. The summed E-state index contributed by atoms with van der Waals surface area (Å²) in [7, 11) is 2.91. The Labute approximate surface area is 112 Å². The van der Waals surface area contributed by atoms with Crippen LogP contribution >= 0.6 is 0 Å². The molecule has 2 rings (SSSR count). The third-order valence-electron chi connectivity index (χ3n) is 2.68. The summed E-state index contributed by atoms with van der Waals surface area (Å²) in [4.78, 5) is 11.8. The lowest BCUT2D eigenvalue weighted by atomic mass is 10.1. The van der Waals surface area contributed by atoms with E-state index < -0.39 is 5.97 Å². The van der Waals surface area contributed by atoms with Crippen molar-refractivity contribution < 1.29 is 14.3 Å². The predicted octanol–water partition coefficient (Wildman–Crippen LogP) is 3.23. The van der Waals surface area contributed by atoms with Gasteiger partial charge in [0.25, 0.3) is 0 Å². The number of rotatable bonds is 4. The highest BCUT2D eigenvalue weighted by Crippen LogP contribution is 2.25. The van der Waals surface area contributed by atoms with Gasteiger partial charge in [0.1, 0.15) is 5.75 Å². The zero-order valence-electron chi connectivity index (χ0n) is 10.8. The largest absolute Gasteiger partial charge is 0.497 e. The second-order valence-electron chi connectivity index (χ2n) is 3.89. The van der Waals surface area contributed by atoms with Crippen LogP contribution in [0.2, 0.25) is 0 Å². The third-order valence-corrected chi connectivity index (χ3v) is 2.68. The van der Waals surface area contributed by atoms with E-state index in [1.807, 2.05) is 30.3 Å². The Bertz CT molecular complexity index is 567. The second kappa shape index (κ2) is 5.91. The van der Waals surface area contributed by atoms with E-state index in [0.29, 0.717) is 17.0 Å². The SMILES string of the molecule is COC(=O)c1cc(OC)ccc1Nc1ccccc1. The van der Waals surface area contributed by atoms with Gasteiger partial charge in [-0.2, -0.15) is 0 Å². The average molecular weight is 257 g/mol. The van der Waals surface area contributed by atoms with Crippen molar-refractivity contribution in [3.05, 3.63) is 54.1 Å². The van der Waals surface area contributed by atoms with Gasteiger partial charge in [0.2, 0.25) is 0 Å². The first-order chi connectivity index (χ1) is 9.24. The summed E-state index contributed by atoms with van der Waals surface area (Å²) in [6.07, 6.45) is 0. The second-order valence-corrected chi connectivity index (χ2v) is 3.89. The minimum absolute atomic E-state index is 0.405. The highest BCUT2D eigenvalue weighted by atomic mass is 16.5. The van der Waals surface area contributed by atoms with Gasteiger partial charge >= 0.3 is 5.97 Å². The predicted molar refractivity (Wildman–Crippen MR) is 74.1 cm³/mol. The first-order valence-electron chi connectivity index (χ1n) is 5.83. The standard InChI is InChI=1S/C15H15NO3/c1-18-12-8-9-14(13(10-12)15(17)19-2)16-11-6-4-3-5-7-11/h3-10,16H,1-2H3. The van der Waals surface area contributed by atoms with Gasteiger partial charge in [-0.25, -0.2) is 4.79 Å². The maximum atomic E-state index is 11.8. The number of anilines is 2. The lowest BCUT2D eigenvalue weighted by Gasteiger charge is -2.12. The molecular formula is C15H15NO3. The summed E-state index contributed by atoms with van der Waals surface area (Å²) in [5.41, 5.74) is 2.02. The number of esters is 1. The van der Waals surface area contributed by atoms with E-state index in [1.54, 1.807) is 25.3 Å². The highest BCUT2D eigenvalue weighted by Gasteiger charge is 2.13. The number of carbonyl (C=O) groups excluding carboxylic acids is 1. The van der Waals surface area contributed by atoms with Crippen LogP contribution in [0.5, 0.6) is 5.75 Å². The fourth-order valence-electron chi connectivity index (χ4n) is 1.72. The summed E-state index contributed by atoms with van der Waals surface area (Å²) in [6.45, 7) is 0. The molecular weight excluding hydrogens is 242 g/mol. The number of hydrogen-bond acceptors (Lipinski definition) is 4. The molecule has 0 aliphatic rings. The van der Waals surface area contributed by atoms with Crippen molar-refractivity contribution >= 4 is 17.3 Å². The van der Waals surface area contributed by atoms with Gasteiger partial charge in [-0.15, -0.1) is 0 Å². The minimum Gasteiger partial charge on any atom is -0.497 e. The maximum absolute atomic E-state index is 11.8. The smallest absolute Gasteiger partial charge is 0.340 e. The zero-order valence-corrected chi connectivity index (χ0v) is 10.8. The monoisotopic (exact) mass is 257 g/mol. The first-order valence-corrected chi connectivity index (χ1v) is 5.83. The lowest BCUT2D eigenvalue weighted by molar-refractivity contribution is 0.0601. The number of benzene rings is 2. The van der Waals surface area contributed by atoms with Crippen molar-refractivity contribution in [1.29, 1.82) is 0 Å². The van der Waals surface area contributed by atoms with Gasteiger partial charge in [-0.3, -0.25) is 0 Å². The number of nitrogens with one attached hydrogen (secondary N) is 1. The molecule has 0 unspecified atom stereocenters. The van der Waals surface area contributed by atoms with Gasteiger partial charge in [-0.1, -0.05) is 18.2 Å². The Balaban J connectivity index is 2.36. The molecule has 0 heterocycles. The molecule has 0 aliphatic carbocycles. The van der Waals surface area contributed by atoms with E-state index in [4.69, 9.17) is 9.47 Å². The van der Waals surface area contributed by atoms with Crippen molar-refractivity contribution in [2.45, 2.75) is 0 Å². The fourth-order valence-corrected chi connectivity index (χ4v) is 1.72. The molecule has 0 spiro atoms. The molecule has 2 aromatic rings. The van der Waals surface area contributed by atoms with Crippen molar-refractivity contribution in [2.24, 2.45) is 0 Å². The fraction of sp³-hybridized carbons (Fsp3) is 0.133. The molecule has 0 amide bonds. The molecule has 0 aromatic heterocycles. The topological polar surface area (TPSA) is 47.6 Å². The Morgan fingerprint density at radius 2 is 1.79 bits per heavy atom. The van der Waals surface area contributed by atoms with Crippen LogP contribution in [0, 0.1) is 0 Å². The van der Waals surface area contributed by atoms with E-state index in [0.717, 1.165) is 5.69 Å². The Morgan fingerprint density at radius 3 is 2.42 bits per heavy atom. The van der Waals surface area contributed by atoms with Crippen molar-refractivity contribution in [1.82, 2.24) is 0 Å². The number of hydrogen-bond donors (Lipinski definition) is 1. The molecule has 0 saturated heterocycles. The first kappa shape index (κ1) is 13.0. The summed E-state index contributed by atoms with van der Waals surface area (Å²) in [5, 5.41) is 3.18. The lowest BCUT2D eigenvalue weighted by Crippen LogP contribution is -2.06. The van der Waals surface area contributed by atoms with Gasteiger partial charge in [-0.05, 0) is 30.3 Å². The summed E-state index contributed by atoms with van der Waals surface area (Å²) in [5.74, 6) is 0.205. The molecule has 1 N–H and O–H groups in total. The van der Waals surface area contributed by atoms with E-state index in [9.17, 15) is 4.79 Å². The van der Waals surface area contributed by atoms with E-state index in [1.165, 1.54) is 7.11 Å². The molecule has 4 heteroatoms. The van der Waals surface area contributed by atoms with Gasteiger partial charge in [0.05, 0.1) is 25.5 Å². The normalized spacial score (nSPS) is 9.79. The summed E-state index contributed by atoms with van der Waals surface area (Å²) in [6, 6.07) is 14.8. The average Bonchev–Trinajstić information content (AvgIpc) is 2.48. The maximum Gasteiger partial charge on any atom is 0.340 e. The highest BCUT2D eigenvalue weighted by molar-refractivity contribution is 5.97. The Hall–Kier alpha value is -2.49. The van der Waals surface area contributed by atoms with Crippen molar-refractivity contribution in [3.63, 3.8) is 0 Å². The van der Waals surface area contributed by atoms with Crippen LogP contribution < -0.4 is 10.1 Å². The summed E-state index contributed by atoms with van der Waals surface area (Å²) >= 11 is 0. The number of carbonyl (C=O) groups is 1. The molecule has 98 valence electrons. The van der Waals surface area contributed by atoms with Crippen LogP contribution in [-0.4, -0.2) is 20.2 Å². The minimum atomic E-state index is -0.405. The van der Waals surface area contributed by atoms with Gasteiger partial charge < -0.3 is 14.8 Å². The zero-order chi connectivity index (χ0) is 13.7. The number of para-hydroxylation sites is 1. The third kappa shape index (κ3) is 3.04. The van der Waals surface area contributed by atoms with Crippen LogP contribution in [0.15, 0.2) is 48.5 Å². The molecule has 0 fully saturated rings. The van der Waals surface area contributed by atoms with Crippen molar-refractivity contribution in [3.8, 4) is 5.75 Å². The molecule has 0 atom stereocenters. The quantitative estimate of drug-likeness (QED) is 0.854. The molecule has 0 radical (unpaired) electrons. The van der Waals surface area contributed by atoms with E-state index >= 15 is 0 Å². The van der Waals surface area contributed by atoms with Crippen LogP contribution in [0.3, 0.4) is 0 Å². The molecule has 0 aliphatic heterocycles. The van der Waals surface area contributed by atoms with Gasteiger partial charge in [0, 0.05) is 5.69 Å². The van der Waals surface area contributed by atoms with E-state index in [2.05, 4.69) is 5.32 Å². The molecule has 2 aromatic carbocycles. The van der Waals surface area contributed by atoms with Crippen LogP contribution in [0.1, 0.15) is 10.4 Å². The summed E-state index contributed by atoms with van der Waals surface area (Å²) < 4.78 is 9.90. The van der Waals surface area contributed by atoms with Gasteiger partial charge in [0.15, 0.2) is 0 Å². The Kier molecular flexibility index (Phi) is 4.03. The van der Waals surface area contributed by atoms with Crippen molar-refractivity contribution in [2.75, 3.05) is 19.5 Å². The number of methoxy groups -OCH3 is 2. The molecule has 0 bridgehead atoms. The van der Waals surface area contributed by atoms with Crippen LogP contribution in [-0.2, 0) is 4.74 Å². The van der Waals surface area contributed by atoms with Crippen LogP contribution in [0.4, 0.5) is 11.4 Å². The molecule has 4 nitrogen and oxygen atoms in total. The number of ether oxygens (including phenoxy) is 2. The molecule has 0 saturated carbocycles.